The maximum absolute atomic E-state index is 12.1. The first-order chi connectivity index (χ1) is 10.6. The molecule has 5 nitrogen and oxygen atoms in total. The standard InChI is InChI=1S/C17H16N2O3/c1-10-4-3-5-13-16(10)12(17(21)19-13)9-18-11-6-7-15(22-2)14(20)8-11/h3-9,18,20H,1-2H3,(H,19,21). The lowest BCUT2D eigenvalue weighted by Gasteiger charge is -2.07. The van der Waals surface area contributed by atoms with E-state index in [1.807, 2.05) is 25.1 Å². The van der Waals surface area contributed by atoms with Crippen LogP contribution in [0.1, 0.15) is 11.1 Å². The summed E-state index contributed by atoms with van der Waals surface area (Å²) >= 11 is 0. The number of aryl methyl sites for hydroxylation is 1. The number of aromatic hydroxyl groups is 1. The summed E-state index contributed by atoms with van der Waals surface area (Å²) in [5.41, 5.74) is 3.99. The van der Waals surface area contributed by atoms with Crippen LogP contribution in [0.25, 0.3) is 5.57 Å². The molecule has 1 amide bonds. The number of benzene rings is 2. The highest BCUT2D eigenvalue weighted by molar-refractivity contribution is 6.32. The molecule has 0 fully saturated rings. The van der Waals surface area contributed by atoms with Crippen molar-refractivity contribution in [1.29, 1.82) is 0 Å². The number of anilines is 2. The molecule has 3 N–H and O–H groups in total. The molecular weight excluding hydrogens is 280 g/mol. The van der Waals surface area contributed by atoms with Gasteiger partial charge in [0.1, 0.15) is 0 Å². The third-order valence-corrected chi connectivity index (χ3v) is 3.60. The number of ether oxygens (including phenoxy) is 1. The van der Waals surface area contributed by atoms with Crippen LogP contribution in [0.5, 0.6) is 11.5 Å². The molecule has 1 aliphatic rings. The van der Waals surface area contributed by atoms with E-state index in [0.717, 1.165) is 16.8 Å². The van der Waals surface area contributed by atoms with Gasteiger partial charge in [0.05, 0.1) is 12.7 Å². The zero-order chi connectivity index (χ0) is 15.7. The molecule has 2 aromatic rings. The van der Waals surface area contributed by atoms with E-state index in [2.05, 4.69) is 10.6 Å². The Kier molecular flexibility index (Phi) is 3.47. The number of phenols is 1. The Morgan fingerprint density at radius 3 is 2.82 bits per heavy atom. The van der Waals surface area contributed by atoms with Crippen LogP contribution < -0.4 is 15.4 Å². The Hall–Kier alpha value is -2.95. The molecule has 2 aromatic carbocycles. The van der Waals surface area contributed by atoms with E-state index in [9.17, 15) is 9.90 Å². The first-order valence-electron chi connectivity index (χ1n) is 6.85. The number of methoxy groups -OCH3 is 1. The molecule has 1 heterocycles. The predicted molar refractivity (Wildman–Crippen MR) is 86.1 cm³/mol. The molecule has 0 radical (unpaired) electrons. The summed E-state index contributed by atoms with van der Waals surface area (Å²) in [5, 5.41) is 15.6. The minimum atomic E-state index is -0.144. The van der Waals surface area contributed by atoms with Crippen molar-refractivity contribution in [2.75, 3.05) is 17.7 Å². The third kappa shape index (κ3) is 2.37. The second kappa shape index (κ2) is 5.44. The molecule has 5 heteroatoms. The van der Waals surface area contributed by atoms with E-state index in [1.165, 1.54) is 7.11 Å². The Bertz CT molecular complexity index is 781. The van der Waals surface area contributed by atoms with E-state index in [0.29, 0.717) is 17.0 Å². The molecule has 0 aromatic heterocycles. The number of rotatable bonds is 3. The summed E-state index contributed by atoms with van der Waals surface area (Å²) in [6.45, 7) is 1.96. The van der Waals surface area contributed by atoms with Gasteiger partial charge in [-0.25, -0.2) is 0 Å². The molecule has 112 valence electrons. The molecule has 1 aliphatic heterocycles. The molecule has 0 spiro atoms. The smallest absolute Gasteiger partial charge is 0.257 e. The van der Waals surface area contributed by atoms with Gasteiger partial charge in [0.2, 0.25) is 0 Å². The summed E-state index contributed by atoms with van der Waals surface area (Å²) in [6.07, 6.45) is 1.65. The van der Waals surface area contributed by atoms with Gasteiger partial charge in [-0.15, -0.1) is 0 Å². The van der Waals surface area contributed by atoms with Crippen LogP contribution in [0.3, 0.4) is 0 Å². The predicted octanol–water partition coefficient (Wildman–Crippen LogP) is 3.11. The van der Waals surface area contributed by atoms with Gasteiger partial charge in [-0.2, -0.15) is 0 Å². The Labute approximate surface area is 128 Å². The number of hydrogen-bond donors (Lipinski definition) is 3. The summed E-state index contributed by atoms with van der Waals surface area (Å²) in [4.78, 5) is 12.1. The number of carbonyl (C=O) groups excluding carboxylic acids is 1. The maximum atomic E-state index is 12.1. The quantitative estimate of drug-likeness (QED) is 0.761. The van der Waals surface area contributed by atoms with Gasteiger partial charge in [-0.3, -0.25) is 4.79 Å². The summed E-state index contributed by atoms with van der Waals surface area (Å²) in [7, 11) is 1.49. The van der Waals surface area contributed by atoms with Gasteiger partial charge in [0, 0.05) is 29.2 Å². The summed E-state index contributed by atoms with van der Waals surface area (Å²) in [6, 6.07) is 10.7. The fraction of sp³-hybridized carbons (Fsp3) is 0.118. The van der Waals surface area contributed by atoms with Gasteiger partial charge >= 0.3 is 0 Å². The van der Waals surface area contributed by atoms with E-state index < -0.39 is 0 Å². The third-order valence-electron chi connectivity index (χ3n) is 3.60. The van der Waals surface area contributed by atoms with Gasteiger partial charge in [-0.1, -0.05) is 12.1 Å². The van der Waals surface area contributed by atoms with Crippen LogP contribution in [0.4, 0.5) is 11.4 Å². The van der Waals surface area contributed by atoms with Crippen molar-refractivity contribution in [3.05, 3.63) is 53.7 Å². The molecule has 0 saturated heterocycles. The average Bonchev–Trinajstić information content (AvgIpc) is 2.82. The minimum absolute atomic E-state index is 0.0401. The molecule has 0 unspecified atom stereocenters. The topological polar surface area (TPSA) is 70.6 Å². The zero-order valence-electron chi connectivity index (χ0n) is 12.3. The Morgan fingerprint density at radius 2 is 2.09 bits per heavy atom. The van der Waals surface area contributed by atoms with Crippen molar-refractivity contribution in [2.45, 2.75) is 6.92 Å². The van der Waals surface area contributed by atoms with E-state index in [1.54, 1.807) is 24.4 Å². The molecule has 0 atom stereocenters. The summed E-state index contributed by atoms with van der Waals surface area (Å²) < 4.78 is 5.00. The maximum Gasteiger partial charge on any atom is 0.257 e. The van der Waals surface area contributed by atoms with Crippen LogP contribution in [-0.2, 0) is 4.79 Å². The monoisotopic (exact) mass is 296 g/mol. The number of phenolic OH excluding ortho intramolecular Hbond substituents is 1. The highest BCUT2D eigenvalue weighted by Gasteiger charge is 2.25. The lowest BCUT2D eigenvalue weighted by Crippen LogP contribution is -2.05. The number of amides is 1. The fourth-order valence-corrected chi connectivity index (χ4v) is 2.51. The number of fused-ring (bicyclic) bond motifs is 1. The molecule has 3 rings (SSSR count). The second-order valence-electron chi connectivity index (χ2n) is 5.04. The van der Waals surface area contributed by atoms with Crippen molar-refractivity contribution in [3.63, 3.8) is 0 Å². The largest absolute Gasteiger partial charge is 0.504 e. The van der Waals surface area contributed by atoms with Crippen molar-refractivity contribution in [3.8, 4) is 11.5 Å². The first kappa shape index (κ1) is 14.0. The van der Waals surface area contributed by atoms with Crippen LogP contribution in [0.2, 0.25) is 0 Å². The second-order valence-corrected chi connectivity index (χ2v) is 5.04. The van der Waals surface area contributed by atoms with E-state index >= 15 is 0 Å². The molecule has 22 heavy (non-hydrogen) atoms. The highest BCUT2D eigenvalue weighted by atomic mass is 16.5. The number of nitrogens with one attached hydrogen (secondary N) is 2. The van der Waals surface area contributed by atoms with E-state index in [-0.39, 0.29) is 11.7 Å². The minimum Gasteiger partial charge on any atom is -0.504 e. The summed E-state index contributed by atoms with van der Waals surface area (Å²) in [5.74, 6) is 0.297. The zero-order valence-corrected chi connectivity index (χ0v) is 12.3. The van der Waals surface area contributed by atoms with Gasteiger partial charge in [0.15, 0.2) is 11.5 Å². The van der Waals surface area contributed by atoms with Gasteiger partial charge in [-0.05, 0) is 30.7 Å². The van der Waals surface area contributed by atoms with Crippen LogP contribution in [-0.4, -0.2) is 18.1 Å². The molecule has 0 saturated carbocycles. The first-order valence-corrected chi connectivity index (χ1v) is 6.85. The van der Waals surface area contributed by atoms with Crippen LogP contribution in [0.15, 0.2) is 42.6 Å². The molecular formula is C17H16N2O3. The molecule has 0 aliphatic carbocycles. The number of hydrogen-bond acceptors (Lipinski definition) is 4. The van der Waals surface area contributed by atoms with Crippen molar-refractivity contribution in [1.82, 2.24) is 0 Å². The van der Waals surface area contributed by atoms with Crippen molar-refractivity contribution in [2.24, 2.45) is 0 Å². The van der Waals surface area contributed by atoms with E-state index in [4.69, 9.17) is 4.74 Å². The number of carbonyl (C=O) groups is 1. The Balaban J connectivity index is 1.91. The highest BCUT2D eigenvalue weighted by Crippen LogP contribution is 2.34. The van der Waals surface area contributed by atoms with Crippen molar-refractivity contribution < 1.29 is 14.6 Å². The van der Waals surface area contributed by atoms with Crippen molar-refractivity contribution >= 4 is 22.9 Å². The molecule has 0 bridgehead atoms. The van der Waals surface area contributed by atoms with Crippen LogP contribution >= 0.6 is 0 Å². The van der Waals surface area contributed by atoms with Gasteiger partial charge < -0.3 is 20.5 Å². The lowest BCUT2D eigenvalue weighted by atomic mass is 10.0. The normalized spacial score (nSPS) is 14.6. The SMILES string of the molecule is COc1ccc(NC=C2C(=O)Nc3cccc(C)c32)cc1O. The lowest BCUT2D eigenvalue weighted by molar-refractivity contribution is -0.110. The van der Waals surface area contributed by atoms with Gasteiger partial charge in [0.25, 0.3) is 5.91 Å². The Morgan fingerprint density at radius 1 is 1.27 bits per heavy atom. The average molecular weight is 296 g/mol. The fourth-order valence-electron chi connectivity index (χ4n) is 2.51. The van der Waals surface area contributed by atoms with Crippen LogP contribution in [0, 0.1) is 6.92 Å².